The summed E-state index contributed by atoms with van der Waals surface area (Å²) in [5.41, 5.74) is 0. The fraction of sp³-hybridized carbons (Fsp3) is 0.636. The van der Waals surface area contributed by atoms with Gasteiger partial charge in [0.2, 0.25) is 11.8 Å². The van der Waals surface area contributed by atoms with Crippen LogP contribution in [0.1, 0.15) is 26.7 Å². The summed E-state index contributed by atoms with van der Waals surface area (Å²) in [7, 11) is 0. The van der Waals surface area contributed by atoms with E-state index in [2.05, 4.69) is 0 Å². The molecule has 17 heavy (non-hydrogen) atoms. The van der Waals surface area contributed by atoms with Gasteiger partial charge in [-0.2, -0.15) is 0 Å². The molecular formula is C11H15NO4S. The molecular weight excluding hydrogens is 242 g/mol. The number of nitrogens with zero attached hydrogens (tertiary/aromatic N) is 1. The Labute approximate surface area is 104 Å². The highest BCUT2D eigenvalue weighted by Crippen LogP contribution is 2.25. The highest BCUT2D eigenvalue weighted by molar-refractivity contribution is 8.01. The Hall–Kier alpha value is -1.17. The Bertz CT molecular complexity index is 366. The van der Waals surface area contributed by atoms with Crippen molar-refractivity contribution in [1.82, 2.24) is 4.90 Å². The van der Waals surface area contributed by atoms with E-state index in [1.165, 1.54) is 25.6 Å². The lowest BCUT2D eigenvalue weighted by molar-refractivity contribution is -0.138. The molecule has 6 heteroatoms. The average molecular weight is 257 g/mol. The number of imide groups is 1. The number of Topliss-reactive ketones (excluding diaryl/α,β-unsaturated/α-hetero) is 2. The van der Waals surface area contributed by atoms with Crippen LogP contribution < -0.4 is 0 Å². The molecule has 1 fully saturated rings. The fourth-order valence-electron chi connectivity index (χ4n) is 1.51. The van der Waals surface area contributed by atoms with Gasteiger partial charge in [-0.25, -0.2) is 0 Å². The molecule has 0 aliphatic carbocycles. The predicted octanol–water partition coefficient (Wildman–Crippen LogP) is 0.415. The molecule has 1 aliphatic heterocycles. The van der Waals surface area contributed by atoms with Gasteiger partial charge in [-0.3, -0.25) is 24.1 Å². The second-order valence-corrected chi connectivity index (χ2v) is 5.23. The molecule has 0 radical (unpaired) electrons. The van der Waals surface area contributed by atoms with Crippen LogP contribution in [0, 0.1) is 0 Å². The Morgan fingerprint density at radius 2 is 1.94 bits per heavy atom. The maximum Gasteiger partial charge on any atom is 0.242 e. The van der Waals surface area contributed by atoms with Gasteiger partial charge < -0.3 is 0 Å². The number of thioether (sulfide) groups is 1. The molecule has 1 saturated heterocycles. The standard InChI is InChI=1S/C11H15NO4S/c1-7(13)3-4-12-10(15)5-9(11(12)16)17-6-8(2)14/h9H,3-6H2,1-2H3. The van der Waals surface area contributed by atoms with E-state index in [4.69, 9.17) is 0 Å². The molecule has 2 amide bonds. The number of likely N-dealkylation sites (tertiary alicyclic amines) is 1. The predicted molar refractivity (Wildman–Crippen MR) is 63.6 cm³/mol. The molecule has 1 rings (SSSR count). The summed E-state index contributed by atoms with van der Waals surface area (Å²) in [5.74, 6) is -0.354. The molecule has 0 aromatic carbocycles. The maximum absolute atomic E-state index is 11.8. The number of rotatable bonds is 6. The molecule has 1 unspecified atom stereocenters. The van der Waals surface area contributed by atoms with Gasteiger partial charge in [0.1, 0.15) is 11.6 Å². The van der Waals surface area contributed by atoms with E-state index in [0.29, 0.717) is 0 Å². The number of ketones is 2. The quantitative estimate of drug-likeness (QED) is 0.645. The van der Waals surface area contributed by atoms with Crippen LogP contribution in [-0.4, -0.2) is 45.8 Å². The van der Waals surface area contributed by atoms with Crippen molar-refractivity contribution in [1.29, 1.82) is 0 Å². The van der Waals surface area contributed by atoms with E-state index >= 15 is 0 Å². The van der Waals surface area contributed by atoms with Crippen LogP contribution in [0.15, 0.2) is 0 Å². The summed E-state index contributed by atoms with van der Waals surface area (Å²) in [6, 6.07) is 0. The topological polar surface area (TPSA) is 71.5 Å². The van der Waals surface area contributed by atoms with Crippen molar-refractivity contribution in [2.24, 2.45) is 0 Å². The lowest BCUT2D eigenvalue weighted by atomic mass is 10.3. The van der Waals surface area contributed by atoms with Crippen molar-refractivity contribution in [2.45, 2.75) is 31.9 Å². The van der Waals surface area contributed by atoms with Gasteiger partial charge in [0.15, 0.2) is 0 Å². The highest BCUT2D eigenvalue weighted by atomic mass is 32.2. The number of carbonyl (C=O) groups excluding carboxylic acids is 4. The van der Waals surface area contributed by atoms with E-state index in [9.17, 15) is 19.2 Å². The van der Waals surface area contributed by atoms with Gasteiger partial charge in [-0.15, -0.1) is 11.8 Å². The Morgan fingerprint density at radius 3 is 2.47 bits per heavy atom. The molecule has 1 aliphatic rings. The van der Waals surface area contributed by atoms with Crippen LogP contribution in [-0.2, 0) is 19.2 Å². The average Bonchev–Trinajstić information content (AvgIpc) is 2.48. The van der Waals surface area contributed by atoms with Gasteiger partial charge in [0.25, 0.3) is 0 Å². The van der Waals surface area contributed by atoms with E-state index < -0.39 is 5.25 Å². The van der Waals surface area contributed by atoms with E-state index in [1.54, 1.807) is 0 Å². The summed E-state index contributed by atoms with van der Waals surface area (Å²) in [5, 5.41) is -0.460. The van der Waals surface area contributed by atoms with Crippen molar-refractivity contribution in [3.63, 3.8) is 0 Å². The first-order valence-electron chi connectivity index (χ1n) is 5.36. The Kier molecular flexibility index (Phi) is 4.86. The van der Waals surface area contributed by atoms with Crippen LogP contribution in [0.3, 0.4) is 0 Å². The minimum atomic E-state index is -0.460. The first kappa shape index (κ1) is 13.9. The Balaban J connectivity index is 2.52. The molecule has 0 N–H and O–H groups in total. The second kappa shape index (κ2) is 5.95. The smallest absolute Gasteiger partial charge is 0.242 e. The summed E-state index contributed by atoms with van der Waals surface area (Å²) in [6.45, 7) is 3.03. The molecule has 0 aromatic heterocycles. The largest absolute Gasteiger partial charge is 0.300 e. The first-order chi connectivity index (χ1) is 7.91. The monoisotopic (exact) mass is 257 g/mol. The maximum atomic E-state index is 11.8. The first-order valence-corrected chi connectivity index (χ1v) is 6.41. The lowest BCUT2D eigenvalue weighted by Gasteiger charge is -2.13. The summed E-state index contributed by atoms with van der Waals surface area (Å²) in [4.78, 5) is 46.1. The van der Waals surface area contributed by atoms with Crippen LogP contribution in [0.5, 0.6) is 0 Å². The van der Waals surface area contributed by atoms with Gasteiger partial charge in [0.05, 0.1) is 11.0 Å². The summed E-state index contributed by atoms with van der Waals surface area (Å²) < 4.78 is 0. The number of hydrogen-bond donors (Lipinski definition) is 0. The minimum Gasteiger partial charge on any atom is -0.300 e. The van der Waals surface area contributed by atoms with Crippen LogP contribution in [0.25, 0.3) is 0 Å². The zero-order valence-electron chi connectivity index (χ0n) is 9.89. The third-order valence-corrected chi connectivity index (χ3v) is 3.72. The van der Waals surface area contributed by atoms with Crippen LogP contribution in [0.4, 0.5) is 0 Å². The molecule has 0 aromatic rings. The van der Waals surface area contributed by atoms with Crippen LogP contribution >= 0.6 is 11.8 Å². The van der Waals surface area contributed by atoms with Crippen molar-refractivity contribution >= 4 is 35.1 Å². The third-order valence-electron chi connectivity index (χ3n) is 2.38. The Morgan fingerprint density at radius 1 is 1.29 bits per heavy atom. The second-order valence-electron chi connectivity index (χ2n) is 4.04. The molecule has 0 spiro atoms. The van der Waals surface area contributed by atoms with E-state index in [-0.39, 0.29) is 48.5 Å². The van der Waals surface area contributed by atoms with Gasteiger partial charge in [0, 0.05) is 19.4 Å². The van der Waals surface area contributed by atoms with Crippen molar-refractivity contribution in [3.05, 3.63) is 0 Å². The minimum absolute atomic E-state index is 0.0163. The van der Waals surface area contributed by atoms with E-state index in [0.717, 1.165) is 4.90 Å². The SMILES string of the molecule is CC(=O)CCN1C(=O)CC(SCC(C)=O)C1=O. The molecule has 0 saturated carbocycles. The van der Waals surface area contributed by atoms with Gasteiger partial charge >= 0.3 is 0 Å². The number of carbonyl (C=O) groups is 4. The molecule has 1 heterocycles. The fourth-order valence-corrected chi connectivity index (χ4v) is 2.47. The van der Waals surface area contributed by atoms with Gasteiger partial charge in [-0.1, -0.05) is 0 Å². The molecule has 1 atom stereocenters. The summed E-state index contributed by atoms with van der Waals surface area (Å²) >= 11 is 1.20. The normalized spacial score (nSPS) is 19.9. The lowest BCUT2D eigenvalue weighted by Crippen LogP contribution is -2.33. The van der Waals surface area contributed by atoms with E-state index in [1.807, 2.05) is 0 Å². The van der Waals surface area contributed by atoms with Crippen molar-refractivity contribution in [2.75, 3.05) is 12.3 Å². The highest BCUT2D eigenvalue weighted by Gasteiger charge is 2.38. The van der Waals surface area contributed by atoms with Gasteiger partial charge in [-0.05, 0) is 13.8 Å². The summed E-state index contributed by atoms with van der Waals surface area (Å²) in [6.07, 6.45) is 0.330. The van der Waals surface area contributed by atoms with Crippen LogP contribution in [0.2, 0.25) is 0 Å². The number of amides is 2. The molecule has 94 valence electrons. The zero-order valence-corrected chi connectivity index (χ0v) is 10.7. The third kappa shape index (κ3) is 3.96. The van der Waals surface area contributed by atoms with Crippen molar-refractivity contribution in [3.8, 4) is 0 Å². The zero-order chi connectivity index (χ0) is 13.0. The number of hydrogen-bond acceptors (Lipinski definition) is 5. The van der Waals surface area contributed by atoms with Crippen molar-refractivity contribution < 1.29 is 19.2 Å². The molecule has 0 bridgehead atoms. The molecule has 5 nitrogen and oxygen atoms in total.